The summed E-state index contributed by atoms with van der Waals surface area (Å²) in [6.45, 7) is 2.15. The highest BCUT2D eigenvalue weighted by Gasteiger charge is 2.31. The molecule has 1 aromatic carbocycles. The Hall–Kier alpha value is -1.22. The van der Waals surface area contributed by atoms with Crippen molar-refractivity contribution in [1.29, 1.82) is 0 Å². The Labute approximate surface area is 188 Å². The maximum Gasteiger partial charge on any atom is 0.242 e. The Kier molecular flexibility index (Phi) is 10.0. The molecule has 1 aromatic rings. The molecule has 0 bridgehead atoms. The normalized spacial score (nSPS) is 28.3. The maximum atomic E-state index is 12.3. The molecule has 0 aromatic heterocycles. The van der Waals surface area contributed by atoms with E-state index >= 15 is 0 Å². The van der Waals surface area contributed by atoms with Gasteiger partial charge in [0, 0.05) is 13.5 Å². The highest BCUT2D eigenvalue weighted by atomic mass is 19.3. The second-order valence-corrected chi connectivity index (χ2v) is 9.98. The van der Waals surface area contributed by atoms with Gasteiger partial charge < -0.3 is 4.74 Å². The number of rotatable bonds is 10. The topological polar surface area (TPSA) is 9.23 Å². The lowest BCUT2D eigenvalue weighted by molar-refractivity contribution is 0.109. The summed E-state index contributed by atoms with van der Waals surface area (Å²) in [7, 11) is 1.80. The molecule has 2 fully saturated rings. The number of alkyl halides is 2. The largest absolute Gasteiger partial charge is 0.382 e. The predicted molar refractivity (Wildman–Crippen MR) is 126 cm³/mol. The van der Waals surface area contributed by atoms with Crippen LogP contribution in [-0.4, -0.2) is 19.6 Å². The Morgan fingerprint density at radius 2 is 1.61 bits per heavy atom. The van der Waals surface area contributed by atoms with Crippen molar-refractivity contribution in [3.8, 4) is 0 Å². The van der Waals surface area contributed by atoms with Crippen LogP contribution in [0.25, 0.3) is 0 Å². The summed E-state index contributed by atoms with van der Waals surface area (Å²) in [5, 5.41) is 0. The van der Waals surface area contributed by atoms with Crippen LogP contribution in [0.2, 0.25) is 0 Å². The Morgan fingerprint density at radius 3 is 2.26 bits per heavy atom. The monoisotopic (exact) mass is 432 g/mol. The van der Waals surface area contributed by atoms with E-state index in [1.54, 1.807) is 24.3 Å². The number of hydrogen-bond donors (Lipinski definition) is 0. The van der Waals surface area contributed by atoms with Crippen LogP contribution in [0, 0.1) is 17.8 Å². The molecule has 1 nitrogen and oxygen atoms in total. The molecule has 0 radical (unpaired) electrons. The molecule has 0 amide bonds. The summed E-state index contributed by atoms with van der Waals surface area (Å²) < 4.78 is 30.1. The summed E-state index contributed by atoms with van der Waals surface area (Å²) >= 11 is 0. The third kappa shape index (κ3) is 7.70. The van der Waals surface area contributed by atoms with Crippen molar-refractivity contribution in [3.05, 3.63) is 47.5 Å². The highest BCUT2D eigenvalue weighted by Crippen LogP contribution is 2.44. The Morgan fingerprint density at radius 1 is 0.968 bits per heavy atom. The molecule has 2 aliphatic rings. The highest BCUT2D eigenvalue weighted by molar-refractivity contribution is 5.31. The summed E-state index contributed by atoms with van der Waals surface area (Å²) in [5.41, 5.74) is 3.14. The van der Waals surface area contributed by atoms with Crippen molar-refractivity contribution in [3.63, 3.8) is 0 Å². The molecular weight excluding hydrogens is 390 g/mol. The van der Waals surface area contributed by atoms with Gasteiger partial charge >= 0.3 is 0 Å². The minimum atomic E-state index is -2.21. The first kappa shape index (κ1) is 24.4. The van der Waals surface area contributed by atoms with Crippen LogP contribution in [0.1, 0.15) is 94.6 Å². The van der Waals surface area contributed by atoms with E-state index in [0.29, 0.717) is 12.0 Å². The molecule has 3 rings (SSSR count). The standard InChI is InChI=1S/C28H42F2O/c1-21(31-2)7-5-10-25-9-3-4-11-27(25)26-19-17-24(18-20-26)23-15-13-22(14-16-23)8-6-12-28(29)30/h3-4,6,8-9,11,21-24,26,28H,5,7,10,12-20H2,1-2H3/b8-6+. The van der Waals surface area contributed by atoms with Gasteiger partial charge in [0.1, 0.15) is 0 Å². The second kappa shape index (κ2) is 12.7. The molecule has 1 unspecified atom stereocenters. The molecule has 174 valence electrons. The number of benzene rings is 1. The molecule has 2 saturated carbocycles. The zero-order chi connectivity index (χ0) is 22.1. The van der Waals surface area contributed by atoms with E-state index in [2.05, 4.69) is 37.3 Å². The van der Waals surface area contributed by atoms with Crippen LogP contribution in [0.4, 0.5) is 8.78 Å². The van der Waals surface area contributed by atoms with Crippen molar-refractivity contribution in [2.75, 3.05) is 7.11 Å². The number of halogens is 2. The smallest absolute Gasteiger partial charge is 0.242 e. The molecular formula is C28H42F2O. The number of allylic oxidation sites excluding steroid dienone is 2. The van der Waals surface area contributed by atoms with Gasteiger partial charge in [-0.15, -0.1) is 0 Å². The summed E-state index contributed by atoms with van der Waals surface area (Å²) in [6, 6.07) is 9.11. The molecule has 0 heterocycles. The molecule has 3 heteroatoms. The van der Waals surface area contributed by atoms with Gasteiger partial charge in [0.05, 0.1) is 6.10 Å². The summed E-state index contributed by atoms with van der Waals surface area (Å²) in [5.74, 6) is 2.98. The van der Waals surface area contributed by atoms with E-state index in [1.165, 1.54) is 57.8 Å². The first-order valence-electron chi connectivity index (χ1n) is 12.6. The van der Waals surface area contributed by atoms with E-state index < -0.39 is 6.43 Å². The SMILES string of the molecule is COC(C)CCCc1ccccc1C1CCC(C2CCC(/C=C/CC(F)F)CC2)CC1. The van der Waals surface area contributed by atoms with E-state index in [-0.39, 0.29) is 6.42 Å². The summed E-state index contributed by atoms with van der Waals surface area (Å²) in [6.07, 6.45) is 15.6. The fourth-order valence-corrected chi connectivity index (χ4v) is 5.94. The molecule has 31 heavy (non-hydrogen) atoms. The lowest BCUT2D eigenvalue weighted by Crippen LogP contribution is -2.25. The molecule has 0 N–H and O–H groups in total. The van der Waals surface area contributed by atoms with Gasteiger partial charge in [-0.1, -0.05) is 36.4 Å². The fourth-order valence-electron chi connectivity index (χ4n) is 5.94. The molecule has 0 saturated heterocycles. The van der Waals surface area contributed by atoms with Crippen LogP contribution < -0.4 is 0 Å². The van der Waals surface area contributed by atoms with Crippen LogP contribution in [0.3, 0.4) is 0 Å². The minimum Gasteiger partial charge on any atom is -0.382 e. The number of ether oxygens (including phenoxy) is 1. The number of hydrogen-bond acceptors (Lipinski definition) is 1. The van der Waals surface area contributed by atoms with Crippen molar-refractivity contribution in [1.82, 2.24) is 0 Å². The quantitative estimate of drug-likeness (QED) is 0.338. The molecule has 0 spiro atoms. The second-order valence-electron chi connectivity index (χ2n) is 9.98. The Balaban J connectivity index is 1.45. The van der Waals surface area contributed by atoms with Crippen LogP contribution >= 0.6 is 0 Å². The molecule has 2 aliphatic carbocycles. The van der Waals surface area contributed by atoms with Gasteiger partial charge in [0.15, 0.2) is 0 Å². The van der Waals surface area contributed by atoms with Gasteiger partial charge in [-0.05, 0) is 112 Å². The van der Waals surface area contributed by atoms with Crippen molar-refractivity contribution in [2.45, 2.75) is 102 Å². The fraction of sp³-hybridized carbons (Fsp3) is 0.714. The van der Waals surface area contributed by atoms with E-state index in [4.69, 9.17) is 4.74 Å². The van der Waals surface area contributed by atoms with Gasteiger partial charge in [-0.2, -0.15) is 0 Å². The van der Waals surface area contributed by atoms with Gasteiger partial charge in [-0.3, -0.25) is 0 Å². The van der Waals surface area contributed by atoms with Gasteiger partial charge in [-0.25, -0.2) is 8.78 Å². The van der Waals surface area contributed by atoms with Crippen LogP contribution in [0.5, 0.6) is 0 Å². The Bertz CT molecular complexity index is 655. The molecule has 0 aliphatic heterocycles. The first-order valence-corrected chi connectivity index (χ1v) is 12.6. The third-order valence-corrected chi connectivity index (χ3v) is 7.93. The number of aryl methyl sites for hydroxylation is 1. The first-order chi connectivity index (χ1) is 15.1. The predicted octanol–water partition coefficient (Wildman–Crippen LogP) is 8.34. The summed E-state index contributed by atoms with van der Waals surface area (Å²) in [4.78, 5) is 0. The van der Waals surface area contributed by atoms with Crippen molar-refractivity contribution < 1.29 is 13.5 Å². The van der Waals surface area contributed by atoms with E-state index in [9.17, 15) is 8.78 Å². The number of methoxy groups -OCH3 is 1. The zero-order valence-electron chi connectivity index (χ0n) is 19.6. The van der Waals surface area contributed by atoms with Crippen LogP contribution in [0.15, 0.2) is 36.4 Å². The van der Waals surface area contributed by atoms with E-state index in [1.807, 2.05) is 0 Å². The zero-order valence-corrected chi connectivity index (χ0v) is 19.6. The minimum absolute atomic E-state index is 0.0865. The lowest BCUT2D eigenvalue weighted by atomic mass is 9.68. The lowest BCUT2D eigenvalue weighted by Gasteiger charge is -2.38. The average molecular weight is 433 g/mol. The van der Waals surface area contributed by atoms with Crippen molar-refractivity contribution >= 4 is 0 Å². The van der Waals surface area contributed by atoms with Crippen LogP contribution in [-0.2, 0) is 11.2 Å². The molecule has 1 atom stereocenters. The maximum absolute atomic E-state index is 12.3. The van der Waals surface area contributed by atoms with Gasteiger partial charge in [0.2, 0.25) is 6.43 Å². The average Bonchev–Trinajstić information content (AvgIpc) is 2.80. The van der Waals surface area contributed by atoms with Crippen molar-refractivity contribution in [2.24, 2.45) is 17.8 Å². The third-order valence-electron chi connectivity index (χ3n) is 7.93. The van der Waals surface area contributed by atoms with Gasteiger partial charge in [0.25, 0.3) is 0 Å². The van der Waals surface area contributed by atoms with E-state index in [0.717, 1.165) is 30.6 Å².